The number of aliphatic hydroxyl groups excluding tert-OH is 1. The van der Waals surface area contributed by atoms with E-state index in [4.69, 9.17) is 4.74 Å². The van der Waals surface area contributed by atoms with Gasteiger partial charge in [0.1, 0.15) is 5.75 Å². The molecule has 120 valence electrons. The van der Waals surface area contributed by atoms with Crippen molar-refractivity contribution in [1.82, 2.24) is 5.32 Å². The van der Waals surface area contributed by atoms with E-state index in [1.54, 1.807) is 11.8 Å². The molecule has 0 aromatic heterocycles. The topological polar surface area (TPSA) is 58.6 Å². The van der Waals surface area contributed by atoms with Gasteiger partial charge >= 0.3 is 0 Å². The van der Waals surface area contributed by atoms with Crippen LogP contribution >= 0.6 is 11.8 Å². The number of aliphatic hydroxyl groups is 1. The van der Waals surface area contributed by atoms with Crippen LogP contribution in [-0.2, 0) is 11.2 Å². The maximum atomic E-state index is 12.1. The molecule has 0 bridgehead atoms. The first-order valence-corrected chi connectivity index (χ1v) is 9.28. The zero-order chi connectivity index (χ0) is 15.5. The fourth-order valence-corrected chi connectivity index (χ4v) is 3.61. The molecule has 0 spiro atoms. The van der Waals surface area contributed by atoms with Crippen molar-refractivity contribution in [2.45, 2.75) is 37.8 Å². The average molecular weight is 321 g/mol. The molecule has 1 fully saturated rings. The molecule has 1 aromatic rings. The molecule has 3 rings (SSSR count). The average Bonchev–Trinajstić information content (AvgIpc) is 2.95. The Hall–Kier alpha value is -1.20. The van der Waals surface area contributed by atoms with E-state index in [-0.39, 0.29) is 18.1 Å². The monoisotopic (exact) mass is 321 g/mol. The van der Waals surface area contributed by atoms with Crippen LogP contribution in [0.4, 0.5) is 0 Å². The molecule has 1 aliphatic heterocycles. The maximum absolute atomic E-state index is 12.1. The number of benzene rings is 1. The van der Waals surface area contributed by atoms with Crippen LogP contribution in [0.1, 0.15) is 36.4 Å². The van der Waals surface area contributed by atoms with Crippen molar-refractivity contribution in [2.75, 3.05) is 18.6 Å². The van der Waals surface area contributed by atoms with Crippen molar-refractivity contribution >= 4 is 17.7 Å². The molecule has 1 atom stereocenters. The lowest BCUT2D eigenvalue weighted by Gasteiger charge is -2.38. The van der Waals surface area contributed by atoms with Gasteiger partial charge in [-0.15, -0.1) is 0 Å². The van der Waals surface area contributed by atoms with Crippen molar-refractivity contribution in [2.24, 2.45) is 5.92 Å². The number of nitrogens with one attached hydrogen (secondary N) is 1. The summed E-state index contributed by atoms with van der Waals surface area (Å²) in [6.07, 6.45) is 4.80. The molecule has 1 aromatic carbocycles. The third kappa shape index (κ3) is 3.41. The van der Waals surface area contributed by atoms with Crippen LogP contribution in [0.15, 0.2) is 18.2 Å². The number of thioether (sulfide) groups is 1. The summed E-state index contributed by atoms with van der Waals surface area (Å²) in [5.74, 6) is 2.22. The predicted octanol–water partition coefficient (Wildman–Crippen LogP) is 2.30. The Morgan fingerprint density at radius 2 is 2.32 bits per heavy atom. The first-order chi connectivity index (χ1) is 10.7. The Kier molecular flexibility index (Phi) is 4.93. The van der Waals surface area contributed by atoms with E-state index in [1.807, 2.05) is 18.4 Å². The molecule has 0 unspecified atom stereocenters. The highest BCUT2D eigenvalue weighted by Crippen LogP contribution is 2.39. The summed E-state index contributed by atoms with van der Waals surface area (Å²) in [5.41, 5.74) is 2.36. The molecule has 4 nitrogen and oxygen atoms in total. The third-order valence-corrected chi connectivity index (χ3v) is 5.16. The minimum absolute atomic E-state index is 0.00339. The highest BCUT2D eigenvalue weighted by Gasteiger charge is 2.36. The van der Waals surface area contributed by atoms with Gasteiger partial charge in [0.2, 0.25) is 5.91 Å². The second-order valence-electron chi connectivity index (χ2n) is 6.14. The Balaban J connectivity index is 1.74. The molecule has 2 aliphatic rings. The maximum Gasteiger partial charge on any atom is 0.221 e. The van der Waals surface area contributed by atoms with Gasteiger partial charge in [-0.25, -0.2) is 0 Å². The van der Waals surface area contributed by atoms with Gasteiger partial charge < -0.3 is 15.2 Å². The predicted molar refractivity (Wildman–Crippen MR) is 88.3 cm³/mol. The third-order valence-electron chi connectivity index (χ3n) is 4.54. The van der Waals surface area contributed by atoms with Crippen LogP contribution < -0.4 is 10.1 Å². The fourth-order valence-electron chi connectivity index (χ4n) is 3.22. The summed E-state index contributed by atoms with van der Waals surface area (Å²) in [5, 5.41) is 12.8. The lowest BCUT2D eigenvalue weighted by Crippen LogP contribution is -2.41. The van der Waals surface area contributed by atoms with Crippen LogP contribution in [0.25, 0.3) is 0 Å². The van der Waals surface area contributed by atoms with Gasteiger partial charge in [-0.3, -0.25) is 4.79 Å². The standard InChI is InChI=1S/C17H23NO3S/c1-22-7-5-16(20)18-17(13-9-14(19)10-13)12-2-3-15-11(8-12)4-6-21-15/h2-3,8,13-14,17,19H,4-7,9-10H2,1H3,(H,18,20)/t13?,14?,17-/m0/s1. The molecule has 1 amide bonds. The van der Waals surface area contributed by atoms with Gasteiger partial charge in [0.05, 0.1) is 18.8 Å². The first-order valence-electron chi connectivity index (χ1n) is 7.89. The summed E-state index contributed by atoms with van der Waals surface area (Å²) in [7, 11) is 0. The van der Waals surface area contributed by atoms with Gasteiger partial charge in [0, 0.05) is 18.6 Å². The van der Waals surface area contributed by atoms with Crippen molar-refractivity contribution in [3.63, 3.8) is 0 Å². The molecular weight excluding hydrogens is 298 g/mol. The number of ether oxygens (including phenoxy) is 1. The Morgan fingerprint density at radius 3 is 3.05 bits per heavy atom. The molecule has 0 saturated heterocycles. The SMILES string of the molecule is CSCCC(=O)N[C@@H](c1ccc2c(c1)CCO2)C1CC(O)C1. The van der Waals surface area contributed by atoms with Crippen LogP contribution in [0.5, 0.6) is 5.75 Å². The normalized spacial score (nSPS) is 24.1. The summed E-state index contributed by atoms with van der Waals surface area (Å²) in [6.45, 7) is 0.742. The number of fused-ring (bicyclic) bond motifs is 1. The molecule has 5 heteroatoms. The fraction of sp³-hybridized carbons (Fsp3) is 0.588. The molecule has 1 aliphatic carbocycles. The van der Waals surface area contributed by atoms with Crippen LogP contribution in [0.2, 0.25) is 0 Å². The second kappa shape index (κ2) is 6.92. The number of carbonyl (C=O) groups is 1. The number of hydrogen-bond donors (Lipinski definition) is 2. The van der Waals surface area contributed by atoms with Crippen LogP contribution in [-0.4, -0.2) is 35.7 Å². The Morgan fingerprint density at radius 1 is 1.50 bits per heavy atom. The lowest BCUT2D eigenvalue weighted by molar-refractivity contribution is -0.122. The van der Waals surface area contributed by atoms with Crippen molar-refractivity contribution in [3.8, 4) is 5.75 Å². The summed E-state index contributed by atoms with van der Waals surface area (Å²) in [4.78, 5) is 12.1. The van der Waals surface area contributed by atoms with Crippen molar-refractivity contribution in [3.05, 3.63) is 29.3 Å². The number of carbonyl (C=O) groups excluding carboxylic acids is 1. The summed E-state index contributed by atoms with van der Waals surface area (Å²) >= 11 is 1.68. The van der Waals surface area contributed by atoms with Gasteiger partial charge in [-0.05, 0) is 48.3 Å². The minimum atomic E-state index is -0.214. The van der Waals surface area contributed by atoms with Gasteiger partial charge in [0.25, 0.3) is 0 Å². The van der Waals surface area contributed by atoms with E-state index in [0.717, 1.165) is 42.9 Å². The zero-order valence-corrected chi connectivity index (χ0v) is 13.7. The van der Waals surface area contributed by atoms with E-state index in [9.17, 15) is 9.90 Å². The molecular formula is C17H23NO3S. The van der Waals surface area contributed by atoms with E-state index < -0.39 is 0 Å². The smallest absolute Gasteiger partial charge is 0.221 e. The molecule has 22 heavy (non-hydrogen) atoms. The lowest BCUT2D eigenvalue weighted by atomic mass is 9.75. The number of hydrogen-bond acceptors (Lipinski definition) is 4. The van der Waals surface area contributed by atoms with E-state index in [1.165, 1.54) is 5.56 Å². The van der Waals surface area contributed by atoms with Crippen LogP contribution in [0.3, 0.4) is 0 Å². The Labute approximate surface area is 135 Å². The second-order valence-corrected chi connectivity index (χ2v) is 7.12. The van der Waals surface area contributed by atoms with E-state index in [0.29, 0.717) is 12.3 Å². The molecule has 1 heterocycles. The van der Waals surface area contributed by atoms with E-state index >= 15 is 0 Å². The zero-order valence-electron chi connectivity index (χ0n) is 12.9. The summed E-state index contributed by atoms with van der Waals surface area (Å²) in [6, 6.07) is 6.22. The van der Waals surface area contributed by atoms with Gasteiger partial charge in [0.15, 0.2) is 0 Å². The largest absolute Gasteiger partial charge is 0.493 e. The van der Waals surface area contributed by atoms with Crippen molar-refractivity contribution in [1.29, 1.82) is 0 Å². The summed E-state index contributed by atoms with van der Waals surface area (Å²) < 4.78 is 5.56. The number of amides is 1. The quantitative estimate of drug-likeness (QED) is 0.844. The highest BCUT2D eigenvalue weighted by molar-refractivity contribution is 7.98. The van der Waals surface area contributed by atoms with E-state index in [2.05, 4.69) is 11.4 Å². The minimum Gasteiger partial charge on any atom is -0.493 e. The first kappa shape index (κ1) is 15.7. The Bertz CT molecular complexity index is 543. The van der Waals surface area contributed by atoms with Crippen molar-refractivity contribution < 1.29 is 14.6 Å². The highest BCUT2D eigenvalue weighted by atomic mass is 32.2. The van der Waals surface area contributed by atoms with Crippen LogP contribution in [0, 0.1) is 5.92 Å². The van der Waals surface area contributed by atoms with Gasteiger partial charge in [-0.2, -0.15) is 11.8 Å². The molecule has 0 radical (unpaired) electrons. The molecule has 2 N–H and O–H groups in total. The van der Waals surface area contributed by atoms with Gasteiger partial charge in [-0.1, -0.05) is 6.07 Å². The number of rotatable bonds is 6. The molecule has 1 saturated carbocycles.